The molecule has 7 heteroatoms. The third-order valence-corrected chi connectivity index (χ3v) is 5.47. The number of rotatable bonds is 5. The number of carbonyl (C=O) groups excluding carboxylic acids is 2. The average molecular weight is 431 g/mol. The Morgan fingerprint density at radius 1 is 1.03 bits per heavy atom. The van der Waals surface area contributed by atoms with E-state index >= 15 is 0 Å². The highest BCUT2D eigenvalue weighted by molar-refractivity contribution is 6.09. The molecule has 0 fully saturated rings. The Morgan fingerprint density at radius 3 is 2.56 bits per heavy atom. The average Bonchev–Trinajstić information content (AvgIpc) is 3.15. The number of hydrogen-bond acceptors (Lipinski definition) is 5. The molecule has 0 saturated carbocycles. The Hall–Kier alpha value is -3.87. The van der Waals surface area contributed by atoms with E-state index in [1.807, 2.05) is 26.0 Å². The molecule has 4 rings (SSSR count). The first-order valence-corrected chi connectivity index (χ1v) is 10.5. The van der Waals surface area contributed by atoms with Gasteiger partial charge in [0.2, 0.25) is 0 Å². The van der Waals surface area contributed by atoms with Gasteiger partial charge in [0.15, 0.2) is 5.76 Å². The van der Waals surface area contributed by atoms with Crippen LogP contribution in [0.25, 0.3) is 0 Å². The first kappa shape index (κ1) is 21.4. The highest BCUT2D eigenvalue weighted by Gasteiger charge is 2.28. The summed E-state index contributed by atoms with van der Waals surface area (Å²) in [5, 5.41) is 7.22. The highest BCUT2D eigenvalue weighted by atomic mass is 16.5. The molecule has 0 bridgehead atoms. The Morgan fingerprint density at radius 2 is 1.81 bits per heavy atom. The summed E-state index contributed by atoms with van der Waals surface area (Å²) in [5.41, 5.74) is 7.11. The quantitative estimate of drug-likeness (QED) is 0.576. The summed E-state index contributed by atoms with van der Waals surface area (Å²) < 4.78 is 11.1. The molecule has 1 aromatic heterocycles. The van der Waals surface area contributed by atoms with Crippen LogP contribution in [0.15, 0.2) is 58.0 Å². The third-order valence-electron chi connectivity index (χ3n) is 5.47. The van der Waals surface area contributed by atoms with Crippen LogP contribution in [0.1, 0.15) is 56.2 Å². The zero-order chi connectivity index (χ0) is 22.7. The molecule has 0 saturated heterocycles. The number of nitrogens with zero attached hydrogens (tertiary/aromatic N) is 1. The van der Waals surface area contributed by atoms with Gasteiger partial charge < -0.3 is 14.5 Å². The van der Waals surface area contributed by atoms with Crippen LogP contribution in [0.5, 0.6) is 5.75 Å². The van der Waals surface area contributed by atoms with Crippen molar-refractivity contribution in [3.63, 3.8) is 0 Å². The van der Waals surface area contributed by atoms with Gasteiger partial charge in [-0.15, -0.1) is 0 Å². The fraction of sp³-hybridized carbons (Fsp3) is 0.240. The van der Waals surface area contributed by atoms with Crippen molar-refractivity contribution in [1.29, 1.82) is 0 Å². The molecule has 0 radical (unpaired) electrons. The minimum absolute atomic E-state index is 0.247. The normalized spacial score (nSPS) is 14.0. The second-order valence-corrected chi connectivity index (χ2v) is 7.76. The summed E-state index contributed by atoms with van der Waals surface area (Å²) >= 11 is 0. The lowest BCUT2D eigenvalue weighted by Gasteiger charge is -2.13. The second kappa shape index (κ2) is 9.09. The first-order valence-electron chi connectivity index (χ1n) is 10.5. The van der Waals surface area contributed by atoms with Gasteiger partial charge in [0.25, 0.3) is 11.8 Å². The SMILES string of the molecule is COc1cccc(NC(=O)c2oc3c(c2C)/C(=N/NC(=O)c2ccc(C)cc2)CCC3)c1. The molecule has 2 aromatic carbocycles. The Balaban J connectivity index is 1.55. The molecule has 32 heavy (non-hydrogen) atoms. The molecule has 2 N–H and O–H groups in total. The van der Waals surface area contributed by atoms with Gasteiger partial charge in [-0.05, 0) is 51.0 Å². The van der Waals surface area contributed by atoms with Gasteiger partial charge in [0.1, 0.15) is 11.5 Å². The van der Waals surface area contributed by atoms with Crippen molar-refractivity contribution in [1.82, 2.24) is 5.43 Å². The van der Waals surface area contributed by atoms with E-state index in [2.05, 4.69) is 15.8 Å². The number of carbonyl (C=O) groups is 2. The summed E-state index contributed by atoms with van der Waals surface area (Å²) in [4.78, 5) is 25.3. The summed E-state index contributed by atoms with van der Waals surface area (Å²) in [6.07, 6.45) is 2.24. The fourth-order valence-electron chi connectivity index (χ4n) is 3.77. The second-order valence-electron chi connectivity index (χ2n) is 7.76. The number of anilines is 1. The number of hydrogen-bond donors (Lipinski definition) is 2. The van der Waals surface area contributed by atoms with Gasteiger partial charge in [-0.3, -0.25) is 9.59 Å². The minimum atomic E-state index is -0.340. The molecule has 1 aliphatic rings. The summed E-state index contributed by atoms with van der Waals surface area (Å²) in [6, 6.07) is 14.4. The van der Waals surface area contributed by atoms with Gasteiger partial charge in [0.05, 0.1) is 12.8 Å². The van der Waals surface area contributed by atoms with Gasteiger partial charge in [-0.2, -0.15) is 5.10 Å². The molecule has 0 spiro atoms. The number of ether oxygens (including phenoxy) is 1. The van der Waals surface area contributed by atoms with E-state index < -0.39 is 0 Å². The van der Waals surface area contributed by atoms with Crippen LogP contribution in [0.3, 0.4) is 0 Å². The van der Waals surface area contributed by atoms with Crippen LogP contribution in [0.4, 0.5) is 5.69 Å². The maximum atomic E-state index is 12.9. The van der Waals surface area contributed by atoms with Gasteiger partial charge in [-0.25, -0.2) is 5.43 Å². The summed E-state index contributed by atoms with van der Waals surface area (Å²) in [6.45, 7) is 3.81. The monoisotopic (exact) mass is 431 g/mol. The van der Waals surface area contributed by atoms with Crippen LogP contribution < -0.4 is 15.5 Å². The number of hydrazone groups is 1. The van der Waals surface area contributed by atoms with Crippen LogP contribution in [0.2, 0.25) is 0 Å². The van der Waals surface area contributed by atoms with Crippen molar-refractivity contribution < 1.29 is 18.7 Å². The number of fused-ring (bicyclic) bond motifs is 1. The third kappa shape index (κ3) is 4.42. The van der Waals surface area contributed by atoms with Crippen molar-refractivity contribution in [2.24, 2.45) is 5.10 Å². The lowest BCUT2D eigenvalue weighted by Crippen LogP contribution is -2.22. The van der Waals surface area contributed by atoms with E-state index in [-0.39, 0.29) is 17.6 Å². The van der Waals surface area contributed by atoms with Crippen molar-refractivity contribution in [2.45, 2.75) is 33.1 Å². The van der Waals surface area contributed by atoms with Crippen molar-refractivity contribution in [2.75, 3.05) is 12.4 Å². The fourth-order valence-corrected chi connectivity index (χ4v) is 3.77. The van der Waals surface area contributed by atoms with E-state index in [0.717, 1.165) is 17.5 Å². The largest absolute Gasteiger partial charge is 0.497 e. The van der Waals surface area contributed by atoms with E-state index in [9.17, 15) is 9.59 Å². The van der Waals surface area contributed by atoms with Gasteiger partial charge >= 0.3 is 0 Å². The maximum absolute atomic E-state index is 12.9. The lowest BCUT2D eigenvalue weighted by molar-refractivity contribution is 0.0953. The molecule has 0 atom stereocenters. The predicted octanol–water partition coefficient (Wildman–Crippen LogP) is 4.63. The van der Waals surface area contributed by atoms with Gasteiger partial charge in [-0.1, -0.05) is 23.8 Å². The van der Waals surface area contributed by atoms with Crippen molar-refractivity contribution in [3.05, 3.63) is 82.3 Å². The number of benzene rings is 2. The van der Waals surface area contributed by atoms with E-state index in [1.165, 1.54) is 0 Å². The van der Waals surface area contributed by atoms with E-state index in [1.54, 1.807) is 43.5 Å². The predicted molar refractivity (Wildman–Crippen MR) is 123 cm³/mol. The molecule has 2 amide bonds. The molecule has 0 unspecified atom stereocenters. The Bertz CT molecular complexity index is 1190. The smallest absolute Gasteiger partial charge is 0.291 e. The lowest BCUT2D eigenvalue weighted by atomic mass is 9.93. The Labute approximate surface area is 186 Å². The van der Waals surface area contributed by atoms with Crippen LogP contribution >= 0.6 is 0 Å². The van der Waals surface area contributed by atoms with Gasteiger partial charge in [0, 0.05) is 34.9 Å². The molecule has 3 aromatic rings. The molecular formula is C25H25N3O4. The topological polar surface area (TPSA) is 92.9 Å². The minimum Gasteiger partial charge on any atom is -0.497 e. The zero-order valence-electron chi connectivity index (χ0n) is 18.3. The van der Waals surface area contributed by atoms with Crippen LogP contribution in [0, 0.1) is 13.8 Å². The van der Waals surface area contributed by atoms with Crippen LogP contribution in [-0.4, -0.2) is 24.6 Å². The van der Waals surface area contributed by atoms with E-state index in [4.69, 9.17) is 9.15 Å². The summed E-state index contributed by atoms with van der Waals surface area (Å²) in [7, 11) is 1.57. The number of nitrogens with one attached hydrogen (secondary N) is 2. The molecule has 164 valence electrons. The van der Waals surface area contributed by atoms with Crippen molar-refractivity contribution in [3.8, 4) is 5.75 Å². The summed E-state index contributed by atoms with van der Waals surface area (Å²) in [5.74, 6) is 0.997. The standard InChI is InChI=1S/C25H25N3O4/c1-15-10-12-17(13-11-15)24(29)28-27-20-8-5-9-21-22(20)16(2)23(32-21)25(30)26-18-6-4-7-19(14-18)31-3/h4,6-7,10-14H,5,8-9H2,1-3H3,(H,26,30)(H,28,29)/b27-20+. The molecule has 1 heterocycles. The molecule has 1 aliphatic carbocycles. The number of methoxy groups -OCH3 is 1. The zero-order valence-corrected chi connectivity index (χ0v) is 18.3. The molecular weight excluding hydrogens is 406 g/mol. The van der Waals surface area contributed by atoms with E-state index in [0.29, 0.717) is 46.9 Å². The maximum Gasteiger partial charge on any atom is 0.291 e. The molecule has 7 nitrogen and oxygen atoms in total. The first-order chi connectivity index (χ1) is 15.5. The number of amides is 2. The van der Waals surface area contributed by atoms with Crippen LogP contribution in [-0.2, 0) is 6.42 Å². The molecule has 0 aliphatic heterocycles. The highest BCUT2D eigenvalue weighted by Crippen LogP contribution is 2.30. The van der Waals surface area contributed by atoms with Crippen molar-refractivity contribution >= 4 is 23.2 Å². The Kier molecular flexibility index (Phi) is 6.07. The number of furan rings is 1. The number of aryl methyl sites for hydroxylation is 2.